The Morgan fingerprint density at radius 2 is 1.24 bits per heavy atom. The van der Waals surface area contributed by atoms with Gasteiger partial charge >= 0.3 is 0 Å². The Morgan fingerprint density at radius 1 is 0.810 bits per heavy atom. The third kappa shape index (κ3) is 1.64. The molecule has 0 fully saturated rings. The molecular formula is C18H20O2Si. The average molecular weight is 296 g/mol. The van der Waals surface area contributed by atoms with E-state index < -0.39 is 8.07 Å². The molecule has 4 rings (SSSR count). The molecule has 0 bridgehead atoms. The van der Waals surface area contributed by atoms with Crippen LogP contribution in [0.1, 0.15) is 13.8 Å². The van der Waals surface area contributed by atoms with Crippen LogP contribution in [0.3, 0.4) is 0 Å². The van der Waals surface area contributed by atoms with Crippen molar-refractivity contribution in [2.75, 3.05) is 13.2 Å². The van der Waals surface area contributed by atoms with Crippen molar-refractivity contribution in [1.82, 2.24) is 0 Å². The molecule has 2 aliphatic heterocycles. The molecule has 0 radical (unpaired) electrons. The summed E-state index contributed by atoms with van der Waals surface area (Å²) in [5.74, 6) is 2.25. The van der Waals surface area contributed by atoms with Crippen molar-refractivity contribution in [2.24, 2.45) is 0 Å². The number of hydrogen-bond donors (Lipinski definition) is 0. The summed E-state index contributed by atoms with van der Waals surface area (Å²) in [4.78, 5) is 0. The Bertz CT molecular complexity index is 677. The predicted molar refractivity (Wildman–Crippen MR) is 87.1 cm³/mol. The number of fused-ring (bicyclic) bond motifs is 2. The molecule has 0 aromatic heterocycles. The summed E-state index contributed by atoms with van der Waals surface area (Å²) in [7, 11) is -1.84. The zero-order valence-corrected chi connectivity index (χ0v) is 14.0. The van der Waals surface area contributed by atoms with Crippen LogP contribution in [0.25, 0.3) is 0 Å². The fourth-order valence-corrected chi connectivity index (χ4v) is 8.05. The lowest BCUT2D eigenvalue weighted by Gasteiger charge is -2.29. The lowest BCUT2D eigenvalue weighted by Crippen LogP contribution is -2.34. The molecule has 0 spiro atoms. The summed E-state index contributed by atoms with van der Waals surface area (Å²) in [6.45, 7) is 10.7. The molecule has 0 amide bonds. The van der Waals surface area contributed by atoms with Crippen molar-refractivity contribution in [3.05, 3.63) is 68.5 Å². The zero-order valence-electron chi connectivity index (χ0n) is 13.0. The Balaban J connectivity index is 1.90. The lowest BCUT2D eigenvalue weighted by atomic mass is 10.3. The van der Waals surface area contributed by atoms with Gasteiger partial charge in [-0.25, -0.2) is 0 Å². The van der Waals surface area contributed by atoms with E-state index in [-0.39, 0.29) is 0 Å². The molecule has 0 N–H and O–H groups in total. The molecule has 0 saturated carbocycles. The standard InChI is InChI=1S/C18H20O2Si/c1-11-9-13-5-7-19-15(13)17(11)21(3,4)18-12(2)10-14-6-8-20-16(14)18/h5-6,9-10H,7-8H2,1-4H3. The SMILES string of the molecule is CC1=CC2=CCOC2=C1[Si](C)(C)C1=C2OCC=C2C=C1C. The number of hydrogen-bond acceptors (Lipinski definition) is 2. The highest BCUT2D eigenvalue weighted by atomic mass is 28.3. The molecule has 2 aliphatic carbocycles. The third-order valence-electron chi connectivity index (χ3n) is 4.82. The van der Waals surface area contributed by atoms with Crippen molar-refractivity contribution in [2.45, 2.75) is 26.9 Å². The molecule has 2 nitrogen and oxygen atoms in total. The van der Waals surface area contributed by atoms with Crippen LogP contribution in [0, 0.1) is 0 Å². The normalized spacial score (nSPS) is 23.4. The van der Waals surface area contributed by atoms with E-state index in [0.717, 1.165) is 11.5 Å². The van der Waals surface area contributed by atoms with Gasteiger partial charge in [-0.2, -0.15) is 0 Å². The van der Waals surface area contributed by atoms with Crippen LogP contribution >= 0.6 is 0 Å². The quantitative estimate of drug-likeness (QED) is 0.714. The van der Waals surface area contributed by atoms with Crippen molar-refractivity contribution in [3.63, 3.8) is 0 Å². The second-order valence-electron chi connectivity index (χ2n) is 6.63. The van der Waals surface area contributed by atoms with E-state index >= 15 is 0 Å². The Labute approximate surface area is 126 Å². The molecule has 0 aromatic carbocycles. The molecule has 108 valence electrons. The molecule has 4 aliphatic rings. The van der Waals surface area contributed by atoms with Gasteiger partial charge < -0.3 is 9.47 Å². The smallest absolute Gasteiger partial charge is 0.126 e. The number of allylic oxidation sites excluding steroid dienone is 6. The van der Waals surface area contributed by atoms with Crippen molar-refractivity contribution >= 4 is 8.07 Å². The van der Waals surface area contributed by atoms with Gasteiger partial charge in [0, 0.05) is 11.1 Å². The van der Waals surface area contributed by atoms with Gasteiger partial charge in [0.05, 0.1) is 0 Å². The van der Waals surface area contributed by atoms with Gasteiger partial charge in [0.25, 0.3) is 0 Å². The van der Waals surface area contributed by atoms with E-state index in [1.807, 2.05) is 0 Å². The molecule has 0 unspecified atom stereocenters. The fourth-order valence-electron chi connectivity index (χ4n) is 4.11. The maximum atomic E-state index is 5.92. The first-order valence-electron chi connectivity index (χ1n) is 7.53. The Kier molecular flexibility index (Phi) is 2.55. The van der Waals surface area contributed by atoms with Gasteiger partial charge in [-0.3, -0.25) is 0 Å². The first kappa shape index (κ1) is 13.0. The topological polar surface area (TPSA) is 18.5 Å². The minimum absolute atomic E-state index is 0.713. The first-order valence-corrected chi connectivity index (χ1v) is 10.5. The fraction of sp³-hybridized carbons (Fsp3) is 0.333. The van der Waals surface area contributed by atoms with Crippen LogP contribution in [-0.4, -0.2) is 21.3 Å². The van der Waals surface area contributed by atoms with Gasteiger partial charge in [0.2, 0.25) is 0 Å². The predicted octanol–water partition coefficient (Wildman–Crippen LogP) is 4.11. The van der Waals surface area contributed by atoms with Gasteiger partial charge in [0.1, 0.15) is 32.8 Å². The minimum Gasteiger partial charge on any atom is -0.489 e. The van der Waals surface area contributed by atoms with Crippen LogP contribution in [0.5, 0.6) is 0 Å². The average Bonchev–Trinajstić information content (AvgIpc) is 3.07. The Morgan fingerprint density at radius 3 is 1.67 bits per heavy atom. The summed E-state index contributed by atoms with van der Waals surface area (Å²) >= 11 is 0. The van der Waals surface area contributed by atoms with E-state index in [1.54, 1.807) is 0 Å². The molecule has 0 saturated heterocycles. The Hall–Kier alpha value is -1.74. The van der Waals surface area contributed by atoms with E-state index in [4.69, 9.17) is 9.47 Å². The van der Waals surface area contributed by atoms with Crippen LogP contribution in [0.2, 0.25) is 13.1 Å². The van der Waals surface area contributed by atoms with Crippen LogP contribution in [-0.2, 0) is 9.47 Å². The summed E-state index contributed by atoms with van der Waals surface area (Å²) < 4.78 is 11.8. The highest BCUT2D eigenvalue weighted by molar-refractivity contribution is 6.92. The van der Waals surface area contributed by atoms with Gasteiger partial charge in [0.15, 0.2) is 0 Å². The third-order valence-corrected chi connectivity index (χ3v) is 8.57. The molecule has 0 aromatic rings. The van der Waals surface area contributed by atoms with Crippen LogP contribution < -0.4 is 0 Å². The maximum absolute atomic E-state index is 5.92. The maximum Gasteiger partial charge on any atom is 0.126 e. The van der Waals surface area contributed by atoms with Crippen molar-refractivity contribution in [1.29, 1.82) is 0 Å². The first-order chi connectivity index (χ1) is 10.00. The molecule has 0 atom stereocenters. The summed E-state index contributed by atoms with van der Waals surface area (Å²) in [5.41, 5.74) is 5.28. The summed E-state index contributed by atoms with van der Waals surface area (Å²) in [6, 6.07) is 0. The molecule has 2 heterocycles. The van der Waals surface area contributed by atoms with E-state index in [2.05, 4.69) is 51.2 Å². The van der Waals surface area contributed by atoms with Gasteiger partial charge in [-0.05, 0) is 59.7 Å². The monoisotopic (exact) mass is 296 g/mol. The number of ether oxygens (including phenoxy) is 2. The van der Waals surface area contributed by atoms with Crippen molar-refractivity contribution < 1.29 is 9.47 Å². The highest BCUT2D eigenvalue weighted by Crippen LogP contribution is 2.47. The largest absolute Gasteiger partial charge is 0.489 e. The highest BCUT2D eigenvalue weighted by Gasteiger charge is 2.43. The van der Waals surface area contributed by atoms with E-state index in [1.165, 1.54) is 32.7 Å². The molecule has 21 heavy (non-hydrogen) atoms. The van der Waals surface area contributed by atoms with E-state index in [9.17, 15) is 0 Å². The molecular weight excluding hydrogens is 276 g/mol. The van der Waals surface area contributed by atoms with Crippen molar-refractivity contribution in [3.8, 4) is 0 Å². The minimum atomic E-state index is -1.84. The lowest BCUT2D eigenvalue weighted by molar-refractivity contribution is 0.275. The second-order valence-corrected chi connectivity index (χ2v) is 10.9. The van der Waals surface area contributed by atoms with Gasteiger partial charge in [-0.15, -0.1) is 0 Å². The van der Waals surface area contributed by atoms with E-state index in [0.29, 0.717) is 13.2 Å². The van der Waals surface area contributed by atoms with Gasteiger partial charge in [-0.1, -0.05) is 13.1 Å². The zero-order chi connectivity index (χ0) is 14.8. The second kappa shape index (κ2) is 4.14. The molecule has 3 heteroatoms. The summed E-state index contributed by atoms with van der Waals surface area (Å²) in [5, 5.41) is 2.89. The number of rotatable bonds is 2. The van der Waals surface area contributed by atoms with Crippen LogP contribution in [0.4, 0.5) is 0 Å². The van der Waals surface area contributed by atoms with Crippen LogP contribution in [0.15, 0.2) is 68.5 Å². The summed E-state index contributed by atoms with van der Waals surface area (Å²) in [6.07, 6.45) is 8.92.